The van der Waals surface area contributed by atoms with Crippen molar-refractivity contribution in [1.29, 1.82) is 0 Å². The highest BCUT2D eigenvalue weighted by Gasteiger charge is 2.17. The number of hydrogen-bond donors (Lipinski definition) is 1. The first-order valence-electron chi connectivity index (χ1n) is 5.37. The fourth-order valence-corrected chi connectivity index (χ4v) is 2.56. The van der Waals surface area contributed by atoms with Crippen LogP contribution < -0.4 is 5.73 Å². The summed E-state index contributed by atoms with van der Waals surface area (Å²) in [5.74, 6) is 3.29. The number of nitrogens with zero attached hydrogens (tertiary/aromatic N) is 1. The minimum Gasteiger partial charge on any atom is -0.330 e. The largest absolute Gasteiger partial charge is 0.330 e. The van der Waals surface area contributed by atoms with Crippen molar-refractivity contribution < 1.29 is 0 Å². The maximum absolute atomic E-state index is 5.69. The molecular formula is C10H23ClN2S. The van der Waals surface area contributed by atoms with Crippen LogP contribution >= 0.6 is 24.2 Å². The van der Waals surface area contributed by atoms with Crippen LogP contribution in [0.3, 0.4) is 0 Å². The summed E-state index contributed by atoms with van der Waals surface area (Å²) in [6.07, 6.45) is 2.69. The van der Waals surface area contributed by atoms with E-state index in [2.05, 4.69) is 11.8 Å². The number of rotatable bonds is 5. The first-order chi connectivity index (χ1) is 6.36. The second kappa shape index (κ2) is 8.84. The van der Waals surface area contributed by atoms with E-state index in [1.54, 1.807) is 0 Å². The summed E-state index contributed by atoms with van der Waals surface area (Å²) in [6, 6.07) is 0. The van der Waals surface area contributed by atoms with Crippen LogP contribution in [0, 0.1) is 5.92 Å². The lowest BCUT2D eigenvalue weighted by Crippen LogP contribution is -2.39. The van der Waals surface area contributed by atoms with Gasteiger partial charge < -0.3 is 10.6 Å². The molecule has 86 valence electrons. The van der Waals surface area contributed by atoms with Crippen LogP contribution in [0.4, 0.5) is 0 Å². The SMILES string of the molecule is CCSCCN1CCCC(CN)C1.Cl. The molecule has 1 fully saturated rings. The highest BCUT2D eigenvalue weighted by Crippen LogP contribution is 2.15. The first kappa shape index (κ1) is 14.6. The number of halogens is 1. The van der Waals surface area contributed by atoms with Crippen LogP contribution in [-0.2, 0) is 0 Å². The van der Waals surface area contributed by atoms with Gasteiger partial charge in [0.05, 0.1) is 0 Å². The molecule has 1 saturated heterocycles. The summed E-state index contributed by atoms with van der Waals surface area (Å²) in [6.45, 7) is 6.89. The summed E-state index contributed by atoms with van der Waals surface area (Å²) in [5, 5.41) is 0. The van der Waals surface area contributed by atoms with E-state index in [0.717, 1.165) is 12.5 Å². The Labute approximate surface area is 98.4 Å². The molecule has 1 unspecified atom stereocenters. The van der Waals surface area contributed by atoms with Gasteiger partial charge >= 0.3 is 0 Å². The molecule has 2 nitrogen and oxygen atoms in total. The van der Waals surface area contributed by atoms with Crippen molar-refractivity contribution in [3.8, 4) is 0 Å². The second-order valence-corrected chi connectivity index (χ2v) is 5.14. The lowest BCUT2D eigenvalue weighted by Gasteiger charge is -2.31. The Balaban J connectivity index is 0.00000169. The van der Waals surface area contributed by atoms with Crippen LogP contribution in [0.2, 0.25) is 0 Å². The van der Waals surface area contributed by atoms with Gasteiger partial charge in [-0.3, -0.25) is 0 Å². The standard InChI is InChI=1S/C10H22N2S.ClH/c1-2-13-7-6-12-5-3-4-10(8-11)9-12;/h10H,2-9,11H2,1H3;1H. The Bertz CT molecular complexity index is 135. The molecule has 0 saturated carbocycles. The third-order valence-corrected chi connectivity index (χ3v) is 3.57. The maximum atomic E-state index is 5.69. The minimum atomic E-state index is 0. The van der Waals surface area contributed by atoms with Gasteiger partial charge in [-0.05, 0) is 37.6 Å². The fraction of sp³-hybridized carbons (Fsp3) is 1.00. The van der Waals surface area contributed by atoms with Gasteiger partial charge in [-0.2, -0.15) is 11.8 Å². The quantitative estimate of drug-likeness (QED) is 0.742. The zero-order chi connectivity index (χ0) is 9.52. The molecule has 1 rings (SSSR count). The summed E-state index contributed by atoms with van der Waals surface area (Å²) in [5.41, 5.74) is 5.69. The molecule has 0 radical (unpaired) electrons. The van der Waals surface area contributed by atoms with E-state index in [1.807, 2.05) is 11.8 Å². The number of hydrogen-bond acceptors (Lipinski definition) is 3. The van der Waals surface area contributed by atoms with Gasteiger partial charge in [0.15, 0.2) is 0 Å². The van der Waals surface area contributed by atoms with Crippen molar-refractivity contribution in [2.45, 2.75) is 19.8 Å². The Morgan fingerprint density at radius 2 is 2.29 bits per heavy atom. The van der Waals surface area contributed by atoms with Crippen LogP contribution in [0.1, 0.15) is 19.8 Å². The number of nitrogens with two attached hydrogens (primary N) is 1. The van der Waals surface area contributed by atoms with E-state index in [-0.39, 0.29) is 12.4 Å². The molecule has 0 bridgehead atoms. The molecule has 0 aromatic heterocycles. The Morgan fingerprint density at radius 3 is 2.93 bits per heavy atom. The van der Waals surface area contributed by atoms with E-state index in [4.69, 9.17) is 5.73 Å². The molecule has 4 heteroatoms. The molecule has 0 aromatic rings. The van der Waals surface area contributed by atoms with Crippen molar-refractivity contribution >= 4 is 24.2 Å². The zero-order valence-electron chi connectivity index (χ0n) is 9.08. The predicted octanol–water partition coefficient (Wildman–Crippen LogP) is 1.83. The van der Waals surface area contributed by atoms with Gasteiger partial charge in [-0.15, -0.1) is 12.4 Å². The normalized spacial score (nSPS) is 23.1. The third kappa shape index (κ3) is 5.44. The molecule has 14 heavy (non-hydrogen) atoms. The van der Waals surface area contributed by atoms with Gasteiger partial charge in [0.25, 0.3) is 0 Å². The van der Waals surface area contributed by atoms with Crippen molar-refractivity contribution in [2.24, 2.45) is 11.7 Å². The van der Waals surface area contributed by atoms with Crippen LogP contribution in [0.15, 0.2) is 0 Å². The lowest BCUT2D eigenvalue weighted by atomic mass is 9.98. The van der Waals surface area contributed by atoms with Crippen LogP contribution in [0.5, 0.6) is 0 Å². The number of thioether (sulfide) groups is 1. The van der Waals surface area contributed by atoms with Crippen molar-refractivity contribution in [3.05, 3.63) is 0 Å². The van der Waals surface area contributed by atoms with E-state index in [9.17, 15) is 0 Å². The summed E-state index contributed by atoms with van der Waals surface area (Å²) in [7, 11) is 0. The lowest BCUT2D eigenvalue weighted by molar-refractivity contribution is 0.188. The Morgan fingerprint density at radius 1 is 1.50 bits per heavy atom. The van der Waals surface area contributed by atoms with E-state index >= 15 is 0 Å². The van der Waals surface area contributed by atoms with Gasteiger partial charge in [-0.25, -0.2) is 0 Å². The molecule has 2 N–H and O–H groups in total. The van der Waals surface area contributed by atoms with Crippen LogP contribution in [-0.4, -0.2) is 42.6 Å². The zero-order valence-corrected chi connectivity index (χ0v) is 10.7. The molecule has 1 heterocycles. The van der Waals surface area contributed by atoms with Gasteiger partial charge in [0.1, 0.15) is 0 Å². The molecule has 1 aliphatic rings. The van der Waals surface area contributed by atoms with Crippen LogP contribution in [0.25, 0.3) is 0 Å². The highest BCUT2D eigenvalue weighted by atomic mass is 35.5. The summed E-state index contributed by atoms with van der Waals surface area (Å²) in [4.78, 5) is 2.57. The smallest absolute Gasteiger partial charge is 0.00725 e. The summed E-state index contributed by atoms with van der Waals surface area (Å²) >= 11 is 2.04. The molecule has 0 aromatic carbocycles. The van der Waals surface area contributed by atoms with Crippen molar-refractivity contribution in [1.82, 2.24) is 4.90 Å². The Hall–Kier alpha value is 0.560. The predicted molar refractivity (Wildman–Crippen MR) is 68.5 cm³/mol. The molecule has 1 aliphatic heterocycles. The second-order valence-electron chi connectivity index (χ2n) is 3.74. The highest BCUT2D eigenvalue weighted by molar-refractivity contribution is 7.99. The molecular weight excluding hydrogens is 216 g/mol. The fourth-order valence-electron chi connectivity index (χ4n) is 1.88. The van der Waals surface area contributed by atoms with Crippen molar-refractivity contribution in [3.63, 3.8) is 0 Å². The van der Waals surface area contributed by atoms with Crippen molar-refractivity contribution in [2.75, 3.05) is 37.7 Å². The maximum Gasteiger partial charge on any atom is 0.00725 e. The van der Waals surface area contributed by atoms with Gasteiger partial charge in [-0.1, -0.05) is 6.92 Å². The number of piperidine rings is 1. The van der Waals surface area contributed by atoms with E-state index in [0.29, 0.717) is 0 Å². The third-order valence-electron chi connectivity index (χ3n) is 2.69. The average Bonchev–Trinajstić information content (AvgIpc) is 2.19. The summed E-state index contributed by atoms with van der Waals surface area (Å²) < 4.78 is 0. The minimum absolute atomic E-state index is 0. The molecule has 0 spiro atoms. The number of likely N-dealkylation sites (tertiary alicyclic amines) is 1. The van der Waals surface area contributed by atoms with Gasteiger partial charge in [0.2, 0.25) is 0 Å². The molecule has 1 atom stereocenters. The van der Waals surface area contributed by atoms with Gasteiger partial charge in [0, 0.05) is 18.8 Å². The Kier molecular flexibility index (Phi) is 9.19. The molecule has 0 aliphatic carbocycles. The molecule has 0 amide bonds. The topological polar surface area (TPSA) is 29.3 Å². The average molecular weight is 239 g/mol. The van der Waals surface area contributed by atoms with E-state index < -0.39 is 0 Å². The monoisotopic (exact) mass is 238 g/mol. The van der Waals surface area contributed by atoms with E-state index in [1.165, 1.54) is 44.0 Å². The first-order valence-corrected chi connectivity index (χ1v) is 6.52.